The molecule has 0 fully saturated rings. The van der Waals surface area contributed by atoms with Crippen LogP contribution < -0.4 is 5.43 Å². The number of hydrogen-bond donors (Lipinski definition) is 1. The first-order chi connectivity index (χ1) is 6.99. The van der Waals surface area contributed by atoms with E-state index in [1.165, 1.54) is 0 Å². The van der Waals surface area contributed by atoms with Gasteiger partial charge < -0.3 is 9.72 Å². The first kappa shape index (κ1) is 11.8. The van der Waals surface area contributed by atoms with E-state index in [4.69, 9.17) is 0 Å². The summed E-state index contributed by atoms with van der Waals surface area (Å²) in [5, 5.41) is 0. The zero-order valence-corrected chi connectivity index (χ0v) is 9.10. The van der Waals surface area contributed by atoms with Crippen LogP contribution in [-0.2, 0) is 4.74 Å². The molecule has 0 saturated heterocycles. The molecule has 15 heavy (non-hydrogen) atoms. The van der Waals surface area contributed by atoms with Crippen molar-refractivity contribution in [3.8, 4) is 0 Å². The number of methoxy groups -OCH3 is 1. The van der Waals surface area contributed by atoms with Gasteiger partial charge in [-0.2, -0.15) is 0 Å². The number of carbonyl (C=O) groups is 1. The molecule has 0 aliphatic heterocycles. The largest absolute Gasteiger partial charge is 0.465 e. The zero-order chi connectivity index (χ0) is 11.6. The smallest absolute Gasteiger partial charge is 0.343 e. The Balaban J connectivity index is 3.42. The minimum atomic E-state index is -2.97. The minimum Gasteiger partial charge on any atom is -0.465 e. The predicted octanol–water partition coefficient (Wildman–Crippen LogP) is 1.86. The maximum Gasteiger partial charge on any atom is 0.343 e. The third-order valence-corrected chi connectivity index (χ3v) is 2.35. The normalized spacial score (nSPS) is 10.5. The fourth-order valence-corrected chi connectivity index (χ4v) is 1.45. The molecular weight excluding hydrogens is 276 g/mol. The van der Waals surface area contributed by atoms with Crippen molar-refractivity contribution in [3.05, 3.63) is 32.2 Å². The highest BCUT2D eigenvalue weighted by Crippen LogP contribution is 2.22. The monoisotopic (exact) mass is 281 g/mol. The lowest BCUT2D eigenvalue weighted by Gasteiger charge is -2.04. The van der Waals surface area contributed by atoms with Gasteiger partial charge in [0.05, 0.1) is 17.3 Å². The lowest BCUT2D eigenvalue weighted by Crippen LogP contribution is -2.21. The first-order valence-electron chi connectivity index (χ1n) is 3.76. The first-order valence-corrected chi connectivity index (χ1v) is 4.56. The summed E-state index contributed by atoms with van der Waals surface area (Å²) in [6.07, 6.45) is -1.95. The van der Waals surface area contributed by atoms with E-state index in [0.717, 1.165) is 13.3 Å². The number of ether oxygens (including phenoxy) is 1. The SMILES string of the molecule is COC(=O)c1c[nH]c(Br)c(C(F)F)c1=O. The van der Waals surface area contributed by atoms with Crippen molar-refractivity contribution in [1.29, 1.82) is 0 Å². The molecule has 1 rings (SSSR count). The van der Waals surface area contributed by atoms with Crippen molar-refractivity contribution in [3.63, 3.8) is 0 Å². The Kier molecular flexibility index (Phi) is 3.57. The molecule has 82 valence electrons. The fraction of sp³-hybridized carbons (Fsp3) is 0.250. The molecule has 1 heterocycles. The number of carbonyl (C=O) groups excluding carboxylic acids is 1. The summed E-state index contributed by atoms with van der Waals surface area (Å²) < 4.78 is 29.0. The summed E-state index contributed by atoms with van der Waals surface area (Å²) >= 11 is 2.77. The van der Waals surface area contributed by atoms with Crippen molar-refractivity contribution in [2.24, 2.45) is 0 Å². The molecule has 0 atom stereocenters. The molecule has 0 radical (unpaired) electrons. The Labute approximate surface area is 91.4 Å². The summed E-state index contributed by atoms with van der Waals surface area (Å²) in [5.41, 5.74) is -2.27. The average Bonchev–Trinajstić information content (AvgIpc) is 2.16. The van der Waals surface area contributed by atoms with Gasteiger partial charge in [-0.1, -0.05) is 0 Å². The molecule has 1 aromatic heterocycles. The van der Waals surface area contributed by atoms with Crippen LogP contribution in [0.1, 0.15) is 22.3 Å². The van der Waals surface area contributed by atoms with Crippen LogP contribution in [0.3, 0.4) is 0 Å². The summed E-state index contributed by atoms with van der Waals surface area (Å²) in [5.74, 6) is -0.953. The van der Waals surface area contributed by atoms with Gasteiger partial charge in [-0.15, -0.1) is 0 Å². The lowest BCUT2D eigenvalue weighted by atomic mass is 10.2. The van der Waals surface area contributed by atoms with Crippen molar-refractivity contribution in [2.75, 3.05) is 7.11 Å². The Morgan fingerprint density at radius 2 is 2.20 bits per heavy atom. The molecule has 0 aliphatic rings. The van der Waals surface area contributed by atoms with Crippen LogP contribution in [0.15, 0.2) is 15.6 Å². The zero-order valence-electron chi connectivity index (χ0n) is 7.51. The molecule has 0 spiro atoms. The van der Waals surface area contributed by atoms with Gasteiger partial charge in [0.1, 0.15) is 5.56 Å². The summed E-state index contributed by atoms with van der Waals surface area (Å²) in [4.78, 5) is 24.8. The van der Waals surface area contributed by atoms with E-state index in [9.17, 15) is 18.4 Å². The molecule has 0 unspecified atom stereocenters. The highest BCUT2D eigenvalue weighted by atomic mass is 79.9. The van der Waals surface area contributed by atoms with Gasteiger partial charge in [-0.3, -0.25) is 4.79 Å². The molecule has 1 aromatic rings. The van der Waals surface area contributed by atoms with E-state index in [0.29, 0.717) is 0 Å². The molecular formula is C8H6BrF2NO3. The van der Waals surface area contributed by atoms with Gasteiger partial charge in [0.15, 0.2) is 0 Å². The van der Waals surface area contributed by atoms with Crippen LogP contribution in [0.25, 0.3) is 0 Å². The van der Waals surface area contributed by atoms with Gasteiger partial charge in [0, 0.05) is 6.20 Å². The fourth-order valence-electron chi connectivity index (χ4n) is 0.980. The van der Waals surface area contributed by atoms with E-state index >= 15 is 0 Å². The Morgan fingerprint density at radius 1 is 1.60 bits per heavy atom. The van der Waals surface area contributed by atoms with Gasteiger partial charge in [0.25, 0.3) is 6.43 Å². The van der Waals surface area contributed by atoms with E-state index in [-0.39, 0.29) is 4.60 Å². The molecule has 7 heteroatoms. The molecule has 0 aromatic carbocycles. The third-order valence-electron chi connectivity index (χ3n) is 1.69. The third kappa shape index (κ3) is 2.23. The molecule has 0 bridgehead atoms. The van der Waals surface area contributed by atoms with Crippen LogP contribution in [0.5, 0.6) is 0 Å². The van der Waals surface area contributed by atoms with Crippen molar-refractivity contribution < 1.29 is 18.3 Å². The number of rotatable bonds is 2. The van der Waals surface area contributed by atoms with Crippen LogP contribution >= 0.6 is 15.9 Å². The Morgan fingerprint density at radius 3 is 2.67 bits per heavy atom. The summed E-state index contributed by atoms with van der Waals surface area (Å²) in [7, 11) is 1.06. The van der Waals surface area contributed by atoms with Crippen molar-refractivity contribution in [1.82, 2.24) is 4.98 Å². The molecule has 0 aliphatic carbocycles. The van der Waals surface area contributed by atoms with E-state index in [2.05, 4.69) is 25.7 Å². The highest BCUT2D eigenvalue weighted by molar-refractivity contribution is 9.10. The number of aromatic nitrogens is 1. The number of halogens is 3. The minimum absolute atomic E-state index is 0.143. The summed E-state index contributed by atoms with van der Waals surface area (Å²) in [6.45, 7) is 0. The second-order valence-electron chi connectivity index (χ2n) is 2.55. The van der Waals surface area contributed by atoms with Gasteiger partial charge in [-0.05, 0) is 15.9 Å². The van der Waals surface area contributed by atoms with E-state index in [1.54, 1.807) is 0 Å². The van der Waals surface area contributed by atoms with Gasteiger partial charge in [-0.25, -0.2) is 13.6 Å². The van der Waals surface area contributed by atoms with Crippen molar-refractivity contribution in [2.45, 2.75) is 6.43 Å². The van der Waals surface area contributed by atoms with E-state index in [1.807, 2.05) is 0 Å². The molecule has 1 N–H and O–H groups in total. The topological polar surface area (TPSA) is 59.2 Å². The quantitative estimate of drug-likeness (QED) is 0.665. The number of aromatic amines is 1. The van der Waals surface area contributed by atoms with Crippen LogP contribution in [-0.4, -0.2) is 18.1 Å². The number of alkyl halides is 2. The summed E-state index contributed by atoms with van der Waals surface area (Å²) in [6, 6.07) is 0. The Hall–Kier alpha value is -1.24. The second kappa shape index (κ2) is 4.52. The maximum absolute atomic E-state index is 12.4. The number of esters is 1. The molecule has 4 nitrogen and oxygen atoms in total. The predicted molar refractivity (Wildman–Crippen MR) is 51.1 cm³/mol. The number of pyridine rings is 1. The maximum atomic E-state index is 12.4. The Bertz CT molecular complexity index is 444. The number of H-pyrrole nitrogens is 1. The van der Waals surface area contributed by atoms with E-state index < -0.39 is 29.0 Å². The molecule has 0 amide bonds. The van der Waals surface area contributed by atoms with Gasteiger partial charge >= 0.3 is 5.97 Å². The second-order valence-corrected chi connectivity index (χ2v) is 3.34. The average molecular weight is 282 g/mol. The molecule has 0 saturated carbocycles. The highest BCUT2D eigenvalue weighted by Gasteiger charge is 2.22. The van der Waals surface area contributed by atoms with Crippen LogP contribution in [0.4, 0.5) is 8.78 Å². The van der Waals surface area contributed by atoms with Gasteiger partial charge in [0.2, 0.25) is 5.43 Å². The number of nitrogens with one attached hydrogen (secondary N) is 1. The standard InChI is InChI=1S/C8H6BrF2NO3/c1-15-8(14)3-2-12-6(9)4(5(3)13)7(10)11/h2,7H,1H3,(H,12,13). The number of hydrogen-bond acceptors (Lipinski definition) is 3. The lowest BCUT2D eigenvalue weighted by molar-refractivity contribution is 0.0598. The van der Waals surface area contributed by atoms with Crippen LogP contribution in [0.2, 0.25) is 0 Å². The van der Waals surface area contributed by atoms with Crippen LogP contribution in [0, 0.1) is 0 Å². The van der Waals surface area contributed by atoms with Crippen molar-refractivity contribution >= 4 is 21.9 Å².